The normalized spacial score (nSPS) is 16.2. The number of rotatable bonds is 3. The Balaban J connectivity index is 2.34. The number of sulfonamides is 1. The first-order valence-electron chi connectivity index (χ1n) is 5.78. The van der Waals surface area contributed by atoms with Crippen LogP contribution in [0.25, 0.3) is 0 Å². The van der Waals surface area contributed by atoms with E-state index in [9.17, 15) is 13.2 Å². The van der Waals surface area contributed by atoms with Crippen LogP contribution in [0, 0.1) is 0 Å². The predicted octanol–water partition coefficient (Wildman–Crippen LogP) is 0.480. The standard InChI is InChI=1S/C11H13ClN2O5S/c12-9-2-1-8(7-10(9)20(17,18)13-16)11(15)14-3-5-19-6-4-14/h1-2,7,13,16H,3-6H2. The van der Waals surface area contributed by atoms with E-state index >= 15 is 0 Å². The molecule has 0 radical (unpaired) electrons. The highest BCUT2D eigenvalue weighted by Gasteiger charge is 2.23. The summed E-state index contributed by atoms with van der Waals surface area (Å²) in [4.78, 5) is 14.6. The quantitative estimate of drug-likeness (QED) is 0.790. The Morgan fingerprint density at radius 1 is 1.35 bits per heavy atom. The molecule has 1 fully saturated rings. The van der Waals surface area contributed by atoms with Gasteiger partial charge in [0.2, 0.25) is 0 Å². The van der Waals surface area contributed by atoms with E-state index in [1.807, 2.05) is 0 Å². The molecule has 7 nitrogen and oxygen atoms in total. The number of amides is 1. The maximum atomic E-state index is 12.2. The maximum Gasteiger partial charge on any atom is 0.263 e. The smallest absolute Gasteiger partial charge is 0.263 e. The molecule has 0 unspecified atom stereocenters. The minimum atomic E-state index is -4.14. The second-order valence-corrected chi connectivity index (χ2v) is 6.18. The number of hydrogen-bond donors (Lipinski definition) is 2. The number of carbonyl (C=O) groups excluding carboxylic acids is 1. The monoisotopic (exact) mass is 320 g/mol. The van der Waals surface area contributed by atoms with Crippen LogP contribution in [0.3, 0.4) is 0 Å². The Labute approximate surface area is 121 Å². The molecule has 0 saturated carbocycles. The lowest BCUT2D eigenvalue weighted by atomic mass is 10.2. The van der Waals surface area contributed by atoms with E-state index in [-0.39, 0.29) is 21.4 Å². The van der Waals surface area contributed by atoms with Gasteiger partial charge in [-0.05, 0) is 18.2 Å². The second kappa shape index (κ2) is 6.06. The molecule has 1 aliphatic rings. The van der Waals surface area contributed by atoms with E-state index in [4.69, 9.17) is 21.5 Å². The summed E-state index contributed by atoms with van der Waals surface area (Å²) in [6.07, 6.45) is 0. The Bertz CT molecular complexity index is 613. The number of ether oxygens (including phenoxy) is 1. The highest BCUT2D eigenvalue weighted by Crippen LogP contribution is 2.23. The lowest BCUT2D eigenvalue weighted by Gasteiger charge is -2.27. The van der Waals surface area contributed by atoms with Crippen molar-refractivity contribution < 1.29 is 23.2 Å². The Hall–Kier alpha value is -1.19. The molecular weight excluding hydrogens is 308 g/mol. The Morgan fingerprint density at radius 2 is 2.00 bits per heavy atom. The van der Waals surface area contributed by atoms with Gasteiger partial charge in [0.05, 0.1) is 18.2 Å². The van der Waals surface area contributed by atoms with Gasteiger partial charge in [-0.2, -0.15) is 0 Å². The van der Waals surface area contributed by atoms with Crippen molar-refractivity contribution in [1.29, 1.82) is 0 Å². The van der Waals surface area contributed by atoms with Gasteiger partial charge in [0.1, 0.15) is 4.90 Å². The minimum Gasteiger partial charge on any atom is -0.378 e. The van der Waals surface area contributed by atoms with E-state index in [0.717, 1.165) is 6.07 Å². The van der Waals surface area contributed by atoms with Gasteiger partial charge in [0.25, 0.3) is 15.9 Å². The molecule has 2 N–H and O–H groups in total. The Kier molecular flexibility index (Phi) is 4.61. The number of nitrogens with zero attached hydrogens (tertiary/aromatic N) is 1. The molecule has 2 rings (SSSR count). The molecule has 0 bridgehead atoms. The molecule has 20 heavy (non-hydrogen) atoms. The lowest BCUT2D eigenvalue weighted by Crippen LogP contribution is -2.40. The molecule has 1 saturated heterocycles. The fraction of sp³-hybridized carbons (Fsp3) is 0.364. The second-order valence-electron chi connectivity index (χ2n) is 4.14. The van der Waals surface area contributed by atoms with E-state index in [1.54, 1.807) is 4.90 Å². The van der Waals surface area contributed by atoms with Crippen molar-refractivity contribution in [2.45, 2.75) is 4.90 Å². The van der Waals surface area contributed by atoms with Crippen molar-refractivity contribution in [3.05, 3.63) is 28.8 Å². The van der Waals surface area contributed by atoms with Crippen LogP contribution in [0.1, 0.15) is 10.4 Å². The molecule has 1 aliphatic heterocycles. The van der Waals surface area contributed by atoms with Crippen LogP contribution in [0.4, 0.5) is 0 Å². The minimum absolute atomic E-state index is 0.0786. The first-order chi connectivity index (χ1) is 9.45. The van der Waals surface area contributed by atoms with Crippen molar-refractivity contribution in [3.63, 3.8) is 0 Å². The highest BCUT2D eigenvalue weighted by atomic mass is 35.5. The number of nitrogens with one attached hydrogen (secondary N) is 1. The highest BCUT2D eigenvalue weighted by molar-refractivity contribution is 7.89. The van der Waals surface area contributed by atoms with Crippen LogP contribution in [-0.4, -0.2) is 50.7 Å². The molecule has 1 aromatic rings. The van der Waals surface area contributed by atoms with Gasteiger partial charge in [0, 0.05) is 18.7 Å². The van der Waals surface area contributed by atoms with E-state index in [0.29, 0.717) is 26.3 Å². The van der Waals surface area contributed by atoms with Gasteiger partial charge in [-0.15, -0.1) is 0 Å². The summed E-state index contributed by atoms with van der Waals surface area (Å²) in [5, 5.41) is 8.56. The Morgan fingerprint density at radius 3 is 2.60 bits per heavy atom. The van der Waals surface area contributed by atoms with Gasteiger partial charge in [-0.25, -0.2) is 8.42 Å². The summed E-state index contributed by atoms with van der Waals surface area (Å²) in [7, 11) is -4.14. The predicted molar refractivity (Wildman–Crippen MR) is 70.3 cm³/mol. The summed E-state index contributed by atoms with van der Waals surface area (Å²) in [5.74, 6) is -0.306. The van der Waals surface area contributed by atoms with Gasteiger partial charge in [-0.3, -0.25) is 4.79 Å². The van der Waals surface area contributed by atoms with Gasteiger partial charge < -0.3 is 14.8 Å². The van der Waals surface area contributed by atoms with Crippen LogP contribution in [0.5, 0.6) is 0 Å². The molecular formula is C11H13ClN2O5S. The molecule has 0 aromatic heterocycles. The van der Waals surface area contributed by atoms with Gasteiger partial charge in [-0.1, -0.05) is 16.5 Å². The average molecular weight is 321 g/mol. The number of hydrogen-bond acceptors (Lipinski definition) is 5. The summed E-state index contributed by atoms with van der Waals surface area (Å²) < 4.78 is 28.3. The maximum absolute atomic E-state index is 12.2. The van der Waals surface area contributed by atoms with Gasteiger partial charge in [0.15, 0.2) is 0 Å². The molecule has 1 amide bonds. The van der Waals surface area contributed by atoms with Crippen molar-refractivity contribution in [2.24, 2.45) is 0 Å². The third kappa shape index (κ3) is 3.10. The molecule has 110 valence electrons. The largest absolute Gasteiger partial charge is 0.378 e. The van der Waals surface area contributed by atoms with Crippen LogP contribution in [-0.2, 0) is 14.8 Å². The lowest BCUT2D eigenvalue weighted by molar-refractivity contribution is 0.0302. The summed E-state index contributed by atoms with van der Waals surface area (Å²) in [6, 6.07) is 3.88. The topological polar surface area (TPSA) is 95.9 Å². The van der Waals surface area contributed by atoms with Crippen molar-refractivity contribution in [1.82, 2.24) is 9.79 Å². The SMILES string of the molecule is O=C(c1ccc(Cl)c(S(=O)(=O)NO)c1)N1CCOCC1. The third-order valence-electron chi connectivity index (χ3n) is 2.89. The van der Waals surface area contributed by atoms with Crippen LogP contribution >= 0.6 is 11.6 Å². The van der Waals surface area contributed by atoms with Crippen molar-refractivity contribution in [3.8, 4) is 0 Å². The van der Waals surface area contributed by atoms with Crippen molar-refractivity contribution >= 4 is 27.5 Å². The molecule has 0 spiro atoms. The molecule has 0 aliphatic carbocycles. The number of morpholine rings is 1. The zero-order valence-corrected chi connectivity index (χ0v) is 11.9. The first-order valence-corrected chi connectivity index (χ1v) is 7.64. The fourth-order valence-corrected chi connectivity index (χ4v) is 2.97. The fourth-order valence-electron chi connectivity index (χ4n) is 1.84. The molecule has 0 atom stereocenters. The third-order valence-corrected chi connectivity index (χ3v) is 4.48. The summed E-state index contributed by atoms with van der Waals surface area (Å²) >= 11 is 5.77. The summed E-state index contributed by atoms with van der Waals surface area (Å²) in [6.45, 7) is 1.79. The number of halogens is 1. The number of carbonyl (C=O) groups is 1. The molecule has 9 heteroatoms. The van der Waals surface area contributed by atoms with Crippen LogP contribution in [0.15, 0.2) is 23.1 Å². The summed E-state index contributed by atoms with van der Waals surface area (Å²) in [5.41, 5.74) is 0.185. The number of benzene rings is 1. The molecule has 1 heterocycles. The zero-order chi connectivity index (χ0) is 14.8. The van der Waals surface area contributed by atoms with Gasteiger partial charge >= 0.3 is 0 Å². The first kappa shape index (κ1) is 15.2. The molecule has 1 aromatic carbocycles. The average Bonchev–Trinajstić information content (AvgIpc) is 2.47. The van der Waals surface area contributed by atoms with E-state index in [2.05, 4.69) is 0 Å². The van der Waals surface area contributed by atoms with Crippen molar-refractivity contribution in [2.75, 3.05) is 26.3 Å². The van der Waals surface area contributed by atoms with E-state index in [1.165, 1.54) is 17.0 Å². The van der Waals surface area contributed by atoms with Crippen LogP contribution in [0.2, 0.25) is 5.02 Å². The van der Waals surface area contributed by atoms with Crippen LogP contribution < -0.4 is 4.89 Å². The van der Waals surface area contributed by atoms with E-state index < -0.39 is 10.0 Å². The zero-order valence-electron chi connectivity index (χ0n) is 10.4.